The number of fused-ring (bicyclic) bond motifs is 1. The van der Waals surface area contributed by atoms with Gasteiger partial charge in [-0.2, -0.15) is 5.10 Å². The van der Waals surface area contributed by atoms with Gasteiger partial charge in [0.15, 0.2) is 0 Å². The van der Waals surface area contributed by atoms with Crippen molar-refractivity contribution in [3.8, 4) is 5.69 Å². The molecule has 3 aromatic carbocycles. The first-order chi connectivity index (χ1) is 20.7. The van der Waals surface area contributed by atoms with Crippen LogP contribution in [0.4, 0.5) is 22.0 Å². The molecular formula is C35H40N6O2. The number of carbonyl (C=O) groups excluding carboxylic acids is 1. The van der Waals surface area contributed by atoms with Crippen LogP contribution in [0.3, 0.4) is 0 Å². The van der Waals surface area contributed by atoms with Crippen LogP contribution in [0.15, 0.2) is 90.7 Å². The number of aromatic nitrogens is 2. The van der Waals surface area contributed by atoms with Gasteiger partial charge in [-0.05, 0) is 36.8 Å². The second-order valence-corrected chi connectivity index (χ2v) is 12.3. The largest absolute Gasteiger partial charge is 0.379 e. The van der Waals surface area contributed by atoms with E-state index < -0.39 is 0 Å². The summed E-state index contributed by atoms with van der Waals surface area (Å²) in [6.07, 6.45) is 6.68. The van der Waals surface area contributed by atoms with Gasteiger partial charge in [-0.3, -0.25) is 10.2 Å². The van der Waals surface area contributed by atoms with Crippen molar-refractivity contribution < 1.29 is 9.53 Å². The molecular weight excluding hydrogens is 536 g/mol. The maximum atomic E-state index is 13.4. The second kappa shape index (κ2) is 12.1. The molecule has 2 aliphatic heterocycles. The van der Waals surface area contributed by atoms with Crippen LogP contribution >= 0.6 is 0 Å². The van der Waals surface area contributed by atoms with E-state index in [1.54, 1.807) is 4.68 Å². The summed E-state index contributed by atoms with van der Waals surface area (Å²) in [7, 11) is 0. The fourth-order valence-corrected chi connectivity index (χ4v) is 5.52. The zero-order valence-corrected chi connectivity index (χ0v) is 25.4. The molecule has 0 bridgehead atoms. The number of aryl methyl sites for hydroxylation is 1. The highest BCUT2D eigenvalue weighted by atomic mass is 16.5. The van der Waals surface area contributed by atoms with Gasteiger partial charge in [0, 0.05) is 60.3 Å². The summed E-state index contributed by atoms with van der Waals surface area (Å²) >= 11 is 0. The molecule has 3 heterocycles. The number of hydrogen-bond acceptors (Lipinski definition) is 5. The summed E-state index contributed by atoms with van der Waals surface area (Å²) in [4.78, 5) is 18.2. The van der Waals surface area contributed by atoms with Gasteiger partial charge in [-0.25, -0.2) is 9.48 Å². The van der Waals surface area contributed by atoms with Crippen LogP contribution in [0, 0.1) is 6.92 Å². The lowest BCUT2D eigenvalue weighted by molar-refractivity contribution is 0.0426. The lowest BCUT2D eigenvalue weighted by Gasteiger charge is -2.30. The average molecular weight is 577 g/mol. The van der Waals surface area contributed by atoms with E-state index in [2.05, 4.69) is 84.7 Å². The van der Waals surface area contributed by atoms with E-state index in [0.717, 1.165) is 72.9 Å². The van der Waals surface area contributed by atoms with E-state index in [9.17, 15) is 4.79 Å². The molecule has 1 fully saturated rings. The van der Waals surface area contributed by atoms with Crippen LogP contribution in [0.1, 0.15) is 32.0 Å². The lowest BCUT2D eigenvalue weighted by Crippen LogP contribution is -2.38. The van der Waals surface area contributed by atoms with E-state index in [0.29, 0.717) is 5.82 Å². The molecule has 2 N–H and O–H groups in total. The second-order valence-electron chi connectivity index (χ2n) is 12.3. The third-order valence-corrected chi connectivity index (χ3v) is 7.92. The van der Waals surface area contributed by atoms with Gasteiger partial charge < -0.3 is 15.0 Å². The summed E-state index contributed by atoms with van der Waals surface area (Å²) in [5.74, 6) is 0.616. The molecule has 8 heteroatoms. The molecule has 0 spiro atoms. The van der Waals surface area contributed by atoms with Gasteiger partial charge in [-0.15, -0.1) is 0 Å². The number of benzene rings is 3. The predicted molar refractivity (Wildman–Crippen MR) is 175 cm³/mol. The first kappa shape index (κ1) is 28.7. The molecule has 222 valence electrons. The molecule has 43 heavy (non-hydrogen) atoms. The first-order valence-electron chi connectivity index (χ1n) is 15.0. The Bertz CT molecular complexity index is 1670. The number of anilines is 3. The molecule has 1 aromatic heterocycles. The number of amides is 2. The Morgan fingerprint density at radius 1 is 0.953 bits per heavy atom. The summed E-state index contributed by atoms with van der Waals surface area (Å²) < 4.78 is 7.31. The third kappa shape index (κ3) is 6.50. The molecule has 0 aliphatic carbocycles. The molecule has 0 radical (unpaired) electrons. The van der Waals surface area contributed by atoms with Crippen LogP contribution in [-0.4, -0.2) is 60.1 Å². The average Bonchev–Trinajstić information content (AvgIpc) is 3.43. The van der Waals surface area contributed by atoms with Crippen molar-refractivity contribution in [3.05, 3.63) is 102 Å². The van der Waals surface area contributed by atoms with E-state index >= 15 is 0 Å². The van der Waals surface area contributed by atoms with Gasteiger partial charge in [0.2, 0.25) is 0 Å². The first-order valence-corrected chi connectivity index (χ1v) is 15.0. The molecule has 0 saturated carbocycles. The van der Waals surface area contributed by atoms with Crippen molar-refractivity contribution in [1.82, 2.24) is 14.7 Å². The number of hydrogen-bond donors (Lipinski definition) is 2. The van der Waals surface area contributed by atoms with Crippen LogP contribution < -0.4 is 15.5 Å². The number of rotatable bonds is 6. The van der Waals surface area contributed by atoms with Gasteiger partial charge in [0.25, 0.3) is 0 Å². The Labute approximate surface area is 253 Å². The summed E-state index contributed by atoms with van der Waals surface area (Å²) in [6, 6.07) is 22.1. The zero-order chi connectivity index (χ0) is 30.0. The fraction of sp³-hybridized carbons (Fsp3) is 0.314. The van der Waals surface area contributed by atoms with Crippen molar-refractivity contribution in [2.24, 2.45) is 0 Å². The van der Waals surface area contributed by atoms with Gasteiger partial charge in [0.1, 0.15) is 5.82 Å². The highest BCUT2D eigenvalue weighted by Gasteiger charge is 2.22. The Kier molecular flexibility index (Phi) is 8.06. The molecule has 4 aromatic rings. The van der Waals surface area contributed by atoms with Gasteiger partial charge in [0.05, 0.1) is 30.3 Å². The molecule has 8 nitrogen and oxygen atoms in total. The lowest BCUT2D eigenvalue weighted by atomic mass is 9.92. The SMILES string of the molecule is Cc1ccc(-n2nc(C(C)(C)C)cc2NC(=O)Nc2ccc(N3C=C(CN4CCOCC4)C=CC3)c3ccccc23)cc1. The van der Waals surface area contributed by atoms with Crippen LogP contribution in [-0.2, 0) is 10.2 Å². The standard InChI is InChI=1S/C35H40N6O2/c1-25-11-13-27(14-12-25)41-33(22-32(38-41)35(2,3)4)37-34(42)36-30-15-16-31(29-10-6-5-9-28(29)30)40-17-7-8-26(24-40)23-39-18-20-43-21-19-39/h5-16,22,24H,17-21,23H2,1-4H3,(H2,36,37,42). The van der Waals surface area contributed by atoms with E-state index in [-0.39, 0.29) is 11.4 Å². The van der Waals surface area contributed by atoms with E-state index in [1.807, 2.05) is 48.5 Å². The van der Waals surface area contributed by atoms with Crippen molar-refractivity contribution in [3.63, 3.8) is 0 Å². The molecule has 1 saturated heterocycles. The Hall–Kier alpha value is -4.40. The molecule has 0 unspecified atom stereocenters. The van der Waals surface area contributed by atoms with E-state index in [4.69, 9.17) is 9.84 Å². The number of carbonyl (C=O) groups is 1. The Morgan fingerprint density at radius 2 is 1.70 bits per heavy atom. The minimum atomic E-state index is -0.319. The van der Waals surface area contributed by atoms with Crippen LogP contribution in [0.5, 0.6) is 0 Å². The Balaban J connectivity index is 1.24. The van der Waals surface area contributed by atoms with Crippen molar-refractivity contribution in [2.75, 3.05) is 54.9 Å². The maximum absolute atomic E-state index is 13.4. The minimum Gasteiger partial charge on any atom is -0.379 e. The molecule has 2 aliphatic rings. The van der Waals surface area contributed by atoms with Crippen LogP contribution in [0.25, 0.3) is 16.5 Å². The zero-order valence-electron chi connectivity index (χ0n) is 25.4. The topological polar surface area (TPSA) is 74.7 Å². The highest BCUT2D eigenvalue weighted by molar-refractivity contribution is 6.09. The Morgan fingerprint density at radius 3 is 2.44 bits per heavy atom. The highest BCUT2D eigenvalue weighted by Crippen LogP contribution is 2.34. The fourth-order valence-electron chi connectivity index (χ4n) is 5.52. The van der Waals surface area contributed by atoms with Crippen molar-refractivity contribution in [1.29, 1.82) is 0 Å². The predicted octanol–water partition coefficient (Wildman–Crippen LogP) is 6.87. The normalized spacial score (nSPS) is 15.9. The molecule has 2 amide bonds. The monoisotopic (exact) mass is 576 g/mol. The number of morpholine rings is 1. The number of nitrogens with zero attached hydrogens (tertiary/aromatic N) is 4. The van der Waals surface area contributed by atoms with Gasteiger partial charge in [-0.1, -0.05) is 74.9 Å². The number of urea groups is 1. The number of nitrogens with one attached hydrogen (secondary N) is 2. The summed E-state index contributed by atoms with van der Waals surface area (Å²) in [5.41, 5.74) is 5.92. The quantitative estimate of drug-likeness (QED) is 0.262. The van der Waals surface area contributed by atoms with Gasteiger partial charge >= 0.3 is 6.03 Å². The summed E-state index contributed by atoms with van der Waals surface area (Å²) in [5, 5.41) is 13.1. The smallest absolute Gasteiger partial charge is 0.324 e. The minimum absolute atomic E-state index is 0.172. The van der Waals surface area contributed by atoms with Crippen molar-refractivity contribution >= 4 is 34.0 Å². The van der Waals surface area contributed by atoms with Crippen molar-refractivity contribution in [2.45, 2.75) is 33.1 Å². The third-order valence-electron chi connectivity index (χ3n) is 7.92. The van der Waals surface area contributed by atoms with Crippen LogP contribution in [0.2, 0.25) is 0 Å². The maximum Gasteiger partial charge on any atom is 0.324 e. The number of ether oxygens (including phenoxy) is 1. The molecule has 0 atom stereocenters. The molecule has 6 rings (SSSR count). The van der Waals surface area contributed by atoms with E-state index in [1.165, 1.54) is 11.1 Å². The summed E-state index contributed by atoms with van der Waals surface area (Å²) in [6.45, 7) is 13.6.